The number of hydrogen-bond acceptors (Lipinski definition) is 5. The van der Waals surface area contributed by atoms with Crippen molar-refractivity contribution in [2.75, 3.05) is 18.8 Å². The molecule has 1 heterocycles. The Morgan fingerprint density at radius 2 is 1.91 bits per heavy atom. The van der Waals surface area contributed by atoms with Crippen LogP contribution in [0.3, 0.4) is 0 Å². The van der Waals surface area contributed by atoms with Crippen LogP contribution in [-0.2, 0) is 4.79 Å². The molecule has 0 aliphatic heterocycles. The van der Waals surface area contributed by atoms with Crippen molar-refractivity contribution in [3.63, 3.8) is 0 Å². The van der Waals surface area contributed by atoms with Crippen molar-refractivity contribution >= 4 is 29.3 Å². The fourth-order valence-electron chi connectivity index (χ4n) is 1.82. The molecule has 2 rings (SSSR count). The number of halogens is 1. The summed E-state index contributed by atoms with van der Waals surface area (Å²) < 4.78 is 1.57. The number of benzene rings is 1. The molecule has 0 unspecified atom stereocenters. The van der Waals surface area contributed by atoms with E-state index in [2.05, 4.69) is 28.7 Å². The Hall–Kier alpha value is -2.12. The molecule has 1 aromatic carbocycles. The van der Waals surface area contributed by atoms with Crippen molar-refractivity contribution in [2.45, 2.75) is 5.16 Å². The van der Waals surface area contributed by atoms with Gasteiger partial charge in [-0.15, -0.1) is 18.3 Å². The van der Waals surface area contributed by atoms with Crippen molar-refractivity contribution in [1.29, 1.82) is 0 Å². The highest BCUT2D eigenvalue weighted by atomic mass is 35.5. The minimum Gasteiger partial charge on any atom is -0.335 e. The number of amides is 1. The first kappa shape index (κ1) is 17.2. The molecule has 0 aliphatic rings. The van der Waals surface area contributed by atoms with Crippen LogP contribution in [0.15, 0.2) is 54.7 Å². The average molecular weight is 350 g/mol. The molecule has 0 fully saturated rings. The molecule has 0 aliphatic carbocycles. The molecule has 0 atom stereocenters. The Labute approximate surface area is 143 Å². The summed E-state index contributed by atoms with van der Waals surface area (Å²) >= 11 is 7.15. The van der Waals surface area contributed by atoms with Crippen molar-refractivity contribution in [3.05, 3.63) is 54.6 Å². The Bertz CT molecular complexity index is 675. The maximum atomic E-state index is 12.2. The number of hydrogen-bond donors (Lipinski definition) is 0. The van der Waals surface area contributed by atoms with Gasteiger partial charge >= 0.3 is 0 Å². The first-order valence-corrected chi connectivity index (χ1v) is 8.18. The van der Waals surface area contributed by atoms with E-state index < -0.39 is 0 Å². The highest BCUT2D eigenvalue weighted by molar-refractivity contribution is 7.99. The summed E-state index contributed by atoms with van der Waals surface area (Å²) in [5.41, 5.74) is 0.781. The second kappa shape index (κ2) is 8.50. The summed E-state index contributed by atoms with van der Waals surface area (Å²) in [5, 5.41) is 12.7. The first-order chi connectivity index (χ1) is 11.2. The fourth-order valence-corrected chi connectivity index (χ4v) is 2.74. The first-order valence-electron chi connectivity index (χ1n) is 6.82. The fraction of sp³-hybridized carbons (Fsp3) is 0.200. The van der Waals surface area contributed by atoms with Gasteiger partial charge in [-0.1, -0.05) is 35.5 Å². The van der Waals surface area contributed by atoms with E-state index in [4.69, 9.17) is 11.6 Å². The van der Waals surface area contributed by atoms with E-state index >= 15 is 0 Å². The predicted molar refractivity (Wildman–Crippen MR) is 91.9 cm³/mol. The van der Waals surface area contributed by atoms with Crippen LogP contribution >= 0.6 is 23.4 Å². The van der Waals surface area contributed by atoms with Gasteiger partial charge in [-0.05, 0) is 34.7 Å². The van der Waals surface area contributed by atoms with Gasteiger partial charge < -0.3 is 4.90 Å². The molecule has 1 aromatic heterocycles. The van der Waals surface area contributed by atoms with Crippen LogP contribution in [0.1, 0.15) is 0 Å². The van der Waals surface area contributed by atoms with Crippen LogP contribution in [-0.4, -0.2) is 49.9 Å². The summed E-state index contributed by atoms with van der Waals surface area (Å²) in [6, 6.07) is 7.14. The zero-order valence-electron chi connectivity index (χ0n) is 12.4. The molecule has 0 saturated carbocycles. The van der Waals surface area contributed by atoms with Crippen LogP contribution in [0.4, 0.5) is 0 Å². The lowest BCUT2D eigenvalue weighted by Crippen LogP contribution is -2.32. The van der Waals surface area contributed by atoms with Gasteiger partial charge in [-0.25, -0.2) is 0 Å². The minimum atomic E-state index is -0.0274. The Balaban J connectivity index is 2.05. The number of rotatable bonds is 8. The van der Waals surface area contributed by atoms with Crippen LogP contribution in [0.25, 0.3) is 5.69 Å². The minimum absolute atomic E-state index is 0.0274. The van der Waals surface area contributed by atoms with Crippen molar-refractivity contribution in [1.82, 2.24) is 25.1 Å². The molecular formula is C15H16ClN5OS. The molecule has 1 amide bonds. The molecule has 120 valence electrons. The largest absolute Gasteiger partial charge is 0.335 e. The second-order valence-corrected chi connectivity index (χ2v) is 5.89. The second-order valence-electron chi connectivity index (χ2n) is 4.51. The summed E-state index contributed by atoms with van der Waals surface area (Å²) in [5.74, 6) is 0.204. The van der Waals surface area contributed by atoms with E-state index in [0.717, 1.165) is 5.69 Å². The number of carbonyl (C=O) groups is 1. The van der Waals surface area contributed by atoms with Gasteiger partial charge in [0.2, 0.25) is 11.1 Å². The molecule has 6 nitrogen and oxygen atoms in total. The van der Waals surface area contributed by atoms with Gasteiger partial charge in [0.25, 0.3) is 0 Å². The number of tetrazole rings is 1. The summed E-state index contributed by atoms with van der Waals surface area (Å²) in [4.78, 5) is 13.9. The van der Waals surface area contributed by atoms with Crippen LogP contribution in [0.5, 0.6) is 0 Å². The third-order valence-electron chi connectivity index (χ3n) is 2.89. The van der Waals surface area contributed by atoms with Crippen LogP contribution < -0.4 is 0 Å². The summed E-state index contributed by atoms with van der Waals surface area (Å²) in [6.45, 7) is 8.27. The zero-order valence-corrected chi connectivity index (χ0v) is 14.0. The van der Waals surface area contributed by atoms with E-state index in [1.54, 1.807) is 33.9 Å². The Morgan fingerprint density at radius 1 is 1.26 bits per heavy atom. The summed E-state index contributed by atoms with van der Waals surface area (Å²) in [7, 11) is 0. The van der Waals surface area contributed by atoms with Gasteiger partial charge in [-0.3, -0.25) is 4.79 Å². The summed E-state index contributed by atoms with van der Waals surface area (Å²) in [6.07, 6.45) is 3.37. The zero-order chi connectivity index (χ0) is 16.7. The molecule has 0 radical (unpaired) electrons. The molecule has 0 N–H and O–H groups in total. The standard InChI is InChI=1S/C15H16ClN5OS/c1-3-9-20(10-4-2)14(22)11-23-15-17-18-19-21(15)13-7-5-12(16)6-8-13/h3-8H,1-2,9-11H2. The van der Waals surface area contributed by atoms with E-state index in [9.17, 15) is 4.79 Å². The van der Waals surface area contributed by atoms with E-state index in [1.165, 1.54) is 11.8 Å². The molecular weight excluding hydrogens is 334 g/mol. The maximum Gasteiger partial charge on any atom is 0.233 e. The van der Waals surface area contributed by atoms with Crippen LogP contribution in [0, 0.1) is 0 Å². The Kier molecular flexibility index (Phi) is 6.37. The van der Waals surface area contributed by atoms with Crippen molar-refractivity contribution in [3.8, 4) is 5.69 Å². The van der Waals surface area contributed by atoms with Crippen molar-refractivity contribution in [2.24, 2.45) is 0 Å². The highest BCUT2D eigenvalue weighted by Crippen LogP contribution is 2.20. The van der Waals surface area contributed by atoms with Gasteiger partial charge in [-0.2, -0.15) is 4.68 Å². The lowest BCUT2D eigenvalue weighted by molar-refractivity contribution is -0.127. The van der Waals surface area contributed by atoms with Crippen molar-refractivity contribution < 1.29 is 4.79 Å². The SMILES string of the molecule is C=CCN(CC=C)C(=O)CSc1nnnn1-c1ccc(Cl)cc1. The molecule has 23 heavy (non-hydrogen) atoms. The topological polar surface area (TPSA) is 63.9 Å². The smallest absolute Gasteiger partial charge is 0.233 e. The molecule has 2 aromatic rings. The normalized spacial score (nSPS) is 10.3. The number of thioether (sulfide) groups is 1. The van der Waals surface area contributed by atoms with Gasteiger partial charge in [0, 0.05) is 18.1 Å². The Morgan fingerprint density at radius 3 is 2.52 bits per heavy atom. The van der Waals surface area contributed by atoms with Crippen LogP contribution in [0.2, 0.25) is 5.02 Å². The third-order valence-corrected chi connectivity index (χ3v) is 4.04. The average Bonchev–Trinajstić information content (AvgIpc) is 3.01. The van der Waals surface area contributed by atoms with Gasteiger partial charge in [0.05, 0.1) is 11.4 Å². The van der Waals surface area contributed by atoms with E-state index in [-0.39, 0.29) is 11.7 Å². The monoisotopic (exact) mass is 349 g/mol. The quantitative estimate of drug-likeness (QED) is 0.541. The third kappa shape index (κ3) is 4.67. The molecule has 0 saturated heterocycles. The number of carbonyl (C=O) groups excluding carboxylic acids is 1. The van der Waals surface area contributed by atoms with E-state index in [1.807, 2.05) is 12.1 Å². The van der Waals surface area contributed by atoms with Gasteiger partial charge in [0.15, 0.2) is 0 Å². The molecule has 0 spiro atoms. The molecule has 8 heteroatoms. The maximum absolute atomic E-state index is 12.2. The van der Waals surface area contributed by atoms with E-state index in [0.29, 0.717) is 23.3 Å². The highest BCUT2D eigenvalue weighted by Gasteiger charge is 2.15. The number of aromatic nitrogens is 4. The van der Waals surface area contributed by atoms with Gasteiger partial charge in [0.1, 0.15) is 0 Å². The molecule has 0 bridgehead atoms. The predicted octanol–water partition coefficient (Wildman–Crippen LogP) is 2.61. The lowest BCUT2D eigenvalue weighted by atomic mass is 10.3. The number of nitrogens with zero attached hydrogens (tertiary/aromatic N) is 5. The lowest BCUT2D eigenvalue weighted by Gasteiger charge is -2.18.